The van der Waals surface area contributed by atoms with Crippen LogP contribution in [-0.4, -0.2) is 28.7 Å². The van der Waals surface area contributed by atoms with Crippen molar-refractivity contribution in [2.45, 2.75) is 32.2 Å². The molecule has 1 saturated heterocycles. The summed E-state index contributed by atoms with van der Waals surface area (Å²) < 4.78 is 0. The second-order valence-corrected chi connectivity index (χ2v) is 4.85. The summed E-state index contributed by atoms with van der Waals surface area (Å²) in [5.74, 6) is 0.0190. The molecule has 1 aromatic rings. The molecule has 2 N–H and O–H groups in total. The zero-order chi connectivity index (χ0) is 10.7. The minimum Gasteiger partial charge on any atom is -0.313 e. The molecule has 5 nitrogen and oxygen atoms in total. The van der Waals surface area contributed by atoms with Crippen molar-refractivity contribution in [1.82, 2.24) is 15.5 Å². The summed E-state index contributed by atoms with van der Waals surface area (Å²) in [7, 11) is 0. The standard InChI is InChI=1S/C9H14N4OS/c1-6-12-13-9(15-6)11-8(14)5-7-3-2-4-10-7/h7,10H,2-5H2,1H3,(H,11,13,14). The van der Waals surface area contributed by atoms with Crippen molar-refractivity contribution < 1.29 is 4.79 Å². The van der Waals surface area contributed by atoms with Gasteiger partial charge in [0.05, 0.1) is 0 Å². The third-order valence-electron chi connectivity index (χ3n) is 2.37. The molecule has 0 aromatic carbocycles. The first-order valence-corrected chi connectivity index (χ1v) is 5.89. The van der Waals surface area contributed by atoms with Gasteiger partial charge in [-0.2, -0.15) is 0 Å². The van der Waals surface area contributed by atoms with E-state index in [2.05, 4.69) is 20.8 Å². The first kappa shape index (κ1) is 10.5. The molecule has 0 bridgehead atoms. The van der Waals surface area contributed by atoms with Gasteiger partial charge in [0.15, 0.2) is 0 Å². The number of carbonyl (C=O) groups excluding carboxylic acids is 1. The Morgan fingerprint density at radius 1 is 1.67 bits per heavy atom. The van der Waals surface area contributed by atoms with Crippen LogP contribution >= 0.6 is 11.3 Å². The van der Waals surface area contributed by atoms with Gasteiger partial charge in [-0.1, -0.05) is 11.3 Å². The molecule has 0 saturated carbocycles. The Morgan fingerprint density at radius 2 is 2.53 bits per heavy atom. The van der Waals surface area contributed by atoms with Crippen LogP contribution in [0.1, 0.15) is 24.3 Å². The lowest BCUT2D eigenvalue weighted by atomic mass is 10.1. The van der Waals surface area contributed by atoms with Gasteiger partial charge < -0.3 is 10.6 Å². The lowest BCUT2D eigenvalue weighted by Gasteiger charge is -2.08. The molecular weight excluding hydrogens is 212 g/mol. The van der Waals surface area contributed by atoms with E-state index in [0.29, 0.717) is 17.6 Å². The Bertz CT molecular complexity index is 346. The fraction of sp³-hybridized carbons (Fsp3) is 0.667. The highest BCUT2D eigenvalue weighted by Crippen LogP contribution is 2.15. The number of anilines is 1. The van der Waals surface area contributed by atoms with E-state index in [9.17, 15) is 4.79 Å². The molecule has 1 fully saturated rings. The summed E-state index contributed by atoms with van der Waals surface area (Å²) >= 11 is 1.40. The molecule has 0 radical (unpaired) electrons. The third kappa shape index (κ3) is 2.97. The highest BCUT2D eigenvalue weighted by Gasteiger charge is 2.18. The van der Waals surface area contributed by atoms with Crippen molar-refractivity contribution in [1.29, 1.82) is 0 Å². The minimum absolute atomic E-state index is 0.0190. The van der Waals surface area contributed by atoms with Crippen LogP contribution in [0.4, 0.5) is 5.13 Å². The normalized spacial score (nSPS) is 20.5. The average molecular weight is 226 g/mol. The van der Waals surface area contributed by atoms with Crippen LogP contribution in [0.15, 0.2) is 0 Å². The van der Waals surface area contributed by atoms with Crippen molar-refractivity contribution in [2.24, 2.45) is 0 Å². The summed E-state index contributed by atoms with van der Waals surface area (Å²) in [6.07, 6.45) is 2.77. The van der Waals surface area contributed by atoms with E-state index < -0.39 is 0 Å². The molecule has 6 heteroatoms. The van der Waals surface area contributed by atoms with Gasteiger partial charge in [0, 0.05) is 12.5 Å². The molecular formula is C9H14N4OS. The van der Waals surface area contributed by atoms with Gasteiger partial charge in [0.25, 0.3) is 0 Å². The molecule has 1 amide bonds. The lowest BCUT2D eigenvalue weighted by Crippen LogP contribution is -2.27. The molecule has 2 heterocycles. The van der Waals surface area contributed by atoms with Crippen molar-refractivity contribution in [3.05, 3.63) is 5.01 Å². The Morgan fingerprint density at radius 3 is 3.13 bits per heavy atom. The smallest absolute Gasteiger partial charge is 0.227 e. The Kier molecular flexibility index (Phi) is 3.27. The Balaban J connectivity index is 1.81. The average Bonchev–Trinajstić information content (AvgIpc) is 2.77. The maximum atomic E-state index is 11.6. The van der Waals surface area contributed by atoms with Crippen LogP contribution in [0.25, 0.3) is 0 Å². The predicted molar refractivity (Wildman–Crippen MR) is 58.9 cm³/mol. The van der Waals surface area contributed by atoms with Crippen LogP contribution in [0.2, 0.25) is 0 Å². The zero-order valence-electron chi connectivity index (χ0n) is 8.62. The fourth-order valence-corrected chi connectivity index (χ4v) is 2.28. The van der Waals surface area contributed by atoms with E-state index in [4.69, 9.17) is 0 Å². The minimum atomic E-state index is 0.0190. The number of rotatable bonds is 3. The second kappa shape index (κ2) is 4.67. The maximum Gasteiger partial charge on any atom is 0.227 e. The first-order valence-electron chi connectivity index (χ1n) is 5.07. The number of carbonyl (C=O) groups is 1. The summed E-state index contributed by atoms with van der Waals surface area (Å²) in [6.45, 7) is 2.89. The quantitative estimate of drug-likeness (QED) is 0.804. The molecule has 0 aliphatic carbocycles. The van der Waals surface area contributed by atoms with Crippen LogP contribution in [0, 0.1) is 6.92 Å². The van der Waals surface area contributed by atoms with Crippen LogP contribution in [-0.2, 0) is 4.79 Å². The maximum absolute atomic E-state index is 11.6. The highest BCUT2D eigenvalue weighted by molar-refractivity contribution is 7.15. The van der Waals surface area contributed by atoms with Crippen LogP contribution in [0.5, 0.6) is 0 Å². The van der Waals surface area contributed by atoms with Crippen LogP contribution in [0.3, 0.4) is 0 Å². The monoisotopic (exact) mass is 226 g/mol. The van der Waals surface area contributed by atoms with Gasteiger partial charge >= 0.3 is 0 Å². The number of amides is 1. The Labute approximate surface area is 92.3 Å². The van der Waals surface area contributed by atoms with E-state index in [1.165, 1.54) is 11.3 Å². The largest absolute Gasteiger partial charge is 0.313 e. The molecule has 1 aliphatic heterocycles. The molecule has 82 valence electrons. The number of hydrogen-bond donors (Lipinski definition) is 2. The zero-order valence-corrected chi connectivity index (χ0v) is 9.43. The molecule has 1 unspecified atom stereocenters. The van der Waals surface area contributed by atoms with E-state index >= 15 is 0 Å². The van der Waals surface area contributed by atoms with Gasteiger partial charge in [-0.05, 0) is 26.3 Å². The summed E-state index contributed by atoms with van der Waals surface area (Å²) in [5, 5.41) is 15.2. The van der Waals surface area contributed by atoms with Crippen molar-refractivity contribution in [3.8, 4) is 0 Å². The third-order valence-corrected chi connectivity index (χ3v) is 3.12. The molecule has 1 aromatic heterocycles. The number of aromatic nitrogens is 2. The van der Waals surface area contributed by atoms with E-state index in [0.717, 1.165) is 24.4 Å². The number of nitrogens with one attached hydrogen (secondary N) is 2. The van der Waals surface area contributed by atoms with E-state index in [1.54, 1.807) is 0 Å². The summed E-state index contributed by atoms with van der Waals surface area (Å²) in [4.78, 5) is 11.6. The lowest BCUT2D eigenvalue weighted by molar-refractivity contribution is -0.116. The number of nitrogens with zero attached hydrogens (tertiary/aromatic N) is 2. The SMILES string of the molecule is Cc1nnc(NC(=O)CC2CCCN2)s1. The van der Waals surface area contributed by atoms with Crippen molar-refractivity contribution >= 4 is 22.4 Å². The van der Waals surface area contributed by atoms with E-state index in [1.807, 2.05) is 6.92 Å². The Hall–Kier alpha value is -1.01. The molecule has 1 atom stereocenters. The number of aryl methyl sites for hydroxylation is 1. The number of hydrogen-bond acceptors (Lipinski definition) is 5. The van der Waals surface area contributed by atoms with Gasteiger partial charge in [-0.25, -0.2) is 0 Å². The summed E-state index contributed by atoms with van der Waals surface area (Å²) in [6, 6.07) is 0.332. The second-order valence-electron chi connectivity index (χ2n) is 3.67. The predicted octanol–water partition coefficient (Wildman–Crippen LogP) is 0.927. The van der Waals surface area contributed by atoms with Gasteiger partial charge in [0.1, 0.15) is 5.01 Å². The highest BCUT2D eigenvalue weighted by atomic mass is 32.1. The van der Waals surface area contributed by atoms with Gasteiger partial charge in [-0.15, -0.1) is 10.2 Å². The molecule has 0 spiro atoms. The molecule has 2 rings (SSSR count). The van der Waals surface area contributed by atoms with Crippen LogP contribution < -0.4 is 10.6 Å². The van der Waals surface area contributed by atoms with Gasteiger partial charge in [0.2, 0.25) is 11.0 Å². The topological polar surface area (TPSA) is 66.9 Å². The molecule has 15 heavy (non-hydrogen) atoms. The fourth-order valence-electron chi connectivity index (χ4n) is 1.67. The van der Waals surface area contributed by atoms with Crippen molar-refractivity contribution in [2.75, 3.05) is 11.9 Å². The van der Waals surface area contributed by atoms with E-state index in [-0.39, 0.29) is 5.91 Å². The van der Waals surface area contributed by atoms with Crippen molar-refractivity contribution in [3.63, 3.8) is 0 Å². The van der Waals surface area contributed by atoms with Gasteiger partial charge in [-0.3, -0.25) is 4.79 Å². The first-order chi connectivity index (χ1) is 7.24. The molecule has 1 aliphatic rings. The summed E-state index contributed by atoms with van der Waals surface area (Å²) in [5.41, 5.74) is 0.